The van der Waals surface area contributed by atoms with Gasteiger partial charge in [0.1, 0.15) is 0 Å². The Labute approximate surface area is 120 Å². The topological polar surface area (TPSA) is 20.3 Å². The van der Waals surface area contributed by atoms with Crippen LogP contribution in [0.2, 0.25) is 9.36 Å². The molecule has 0 atom stereocenters. The SMILES string of the molecule is CN(Cc1ccc(Cl)s1)C(=O)c1ccccc1Cl. The first-order valence-electron chi connectivity index (χ1n) is 5.32. The molecule has 0 N–H and O–H groups in total. The number of halogens is 2. The average molecular weight is 300 g/mol. The summed E-state index contributed by atoms with van der Waals surface area (Å²) in [5.74, 6) is -0.0925. The number of nitrogens with zero attached hydrogens (tertiary/aromatic N) is 1. The van der Waals surface area contributed by atoms with E-state index in [9.17, 15) is 4.79 Å². The summed E-state index contributed by atoms with van der Waals surface area (Å²) in [6.07, 6.45) is 0. The number of carbonyl (C=O) groups excluding carboxylic acids is 1. The Balaban J connectivity index is 2.12. The van der Waals surface area contributed by atoms with E-state index in [1.807, 2.05) is 12.1 Å². The van der Waals surface area contributed by atoms with E-state index in [0.29, 0.717) is 17.1 Å². The van der Waals surface area contributed by atoms with E-state index in [-0.39, 0.29) is 5.91 Å². The van der Waals surface area contributed by atoms with Gasteiger partial charge in [-0.25, -0.2) is 0 Å². The van der Waals surface area contributed by atoms with Crippen LogP contribution in [-0.4, -0.2) is 17.9 Å². The predicted octanol–water partition coefficient (Wildman–Crippen LogP) is 4.33. The molecular formula is C13H11Cl2NOS. The van der Waals surface area contributed by atoms with Crippen LogP contribution in [0.4, 0.5) is 0 Å². The number of rotatable bonds is 3. The molecule has 2 nitrogen and oxygen atoms in total. The van der Waals surface area contributed by atoms with Crippen LogP contribution in [0.3, 0.4) is 0 Å². The average Bonchev–Trinajstić information content (AvgIpc) is 2.74. The van der Waals surface area contributed by atoms with Crippen molar-refractivity contribution in [1.82, 2.24) is 4.90 Å². The maximum Gasteiger partial charge on any atom is 0.255 e. The molecule has 94 valence electrons. The molecule has 1 amide bonds. The molecular weight excluding hydrogens is 289 g/mol. The van der Waals surface area contributed by atoms with Crippen molar-refractivity contribution in [3.8, 4) is 0 Å². The van der Waals surface area contributed by atoms with Crippen molar-refractivity contribution < 1.29 is 4.79 Å². The summed E-state index contributed by atoms with van der Waals surface area (Å²) in [7, 11) is 1.75. The zero-order chi connectivity index (χ0) is 13.1. The normalized spacial score (nSPS) is 10.4. The van der Waals surface area contributed by atoms with Crippen molar-refractivity contribution >= 4 is 40.4 Å². The summed E-state index contributed by atoms with van der Waals surface area (Å²) in [6, 6.07) is 10.8. The quantitative estimate of drug-likeness (QED) is 0.826. The van der Waals surface area contributed by atoms with Crippen molar-refractivity contribution in [2.45, 2.75) is 6.54 Å². The Hall–Kier alpha value is -1.03. The van der Waals surface area contributed by atoms with Gasteiger partial charge >= 0.3 is 0 Å². The molecule has 2 aromatic rings. The lowest BCUT2D eigenvalue weighted by atomic mass is 10.2. The molecule has 0 aliphatic carbocycles. The molecule has 2 rings (SSSR count). The van der Waals surface area contributed by atoms with Crippen LogP contribution in [0.25, 0.3) is 0 Å². The highest BCUT2D eigenvalue weighted by atomic mass is 35.5. The lowest BCUT2D eigenvalue weighted by Gasteiger charge is -2.16. The van der Waals surface area contributed by atoms with E-state index in [4.69, 9.17) is 23.2 Å². The Morgan fingerprint density at radius 3 is 2.56 bits per heavy atom. The number of thiophene rings is 1. The molecule has 1 heterocycles. The molecule has 0 saturated carbocycles. The highest BCUT2D eigenvalue weighted by Gasteiger charge is 2.15. The number of amides is 1. The van der Waals surface area contributed by atoms with Crippen molar-refractivity contribution in [2.24, 2.45) is 0 Å². The third kappa shape index (κ3) is 3.05. The standard InChI is InChI=1S/C13H11Cl2NOS/c1-16(8-9-6-7-12(15)18-9)13(17)10-4-2-3-5-11(10)14/h2-7H,8H2,1H3. The van der Waals surface area contributed by atoms with Gasteiger partial charge in [-0.05, 0) is 24.3 Å². The predicted molar refractivity (Wildman–Crippen MR) is 76.6 cm³/mol. The molecule has 0 bridgehead atoms. The Morgan fingerprint density at radius 2 is 1.94 bits per heavy atom. The fourth-order valence-electron chi connectivity index (χ4n) is 1.58. The van der Waals surface area contributed by atoms with Crippen molar-refractivity contribution in [2.75, 3.05) is 7.05 Å². The van der Waals surface area contributed by atoms with Gasteiger partial charge in [-0.1, -0.05) is 35.3 Å². The minimum Gasteiger partial charge on any atom is -0.337 e. The van der Waals surface area contributed by atoms with Gasteiger partial charge in [0, 0.05) is 11.9 Å². The minimum absolute atomic E-state index is 0.0925. The molecule has 0 aliphatic rings. The molecule has 0 spiro atoms. The molecule has 5 heteroatoms. The first-order valence-corrected chi connectivity index (χ1v) is 6.89. The van der Waals surface area contributed by atoms with E-state index >= 15 is 0 Å². The second-order valence-corrected chi connectivity index (χ2v) is 6.05. The molecule has 0 aliphatic heterocycles. The highest BCUT2D eigenvalue weighted by molar-refractivity contribution is 7.16. The number of hydrogen-bond acceptors (Lipinski definition) is 2. The Morgan fingerprint density at radius 1 is 1.22 bits per heavy atom. The van der Waals surface area contributed by atoms with Crippen molar-refractivity contribution in [3.05, 3.63) is 56.2 Å². The first kappa shape index (κ1) is 13.4. The van der Waals surface area contributed by atoms with Crippen LogP contribution in [0.1, 0.15) is 15.2 Å². The molecule has 0 saturated heterocycles. The van der Waals surface area contributed by atoms with Crippen LogP contribution in [0, 0.1) is 0 Å². The molecule has 0 radical (unpaired) electrons. The van der Waals surface area contributed by atoms with E-state index in [1.54, 1.807) is 36.2 Å². The molecule has 1 aromatic heterocycles. The van der Waals surface area contributed by atoms with Crippen LogP contribution in [0.15, 0.2) is 36.4 Å². The molecule has 0 fully saturated rings. The van der Waals surface area contributed by atoms with E-state index in [1.165, 1.54) is 11.3 Å². The zero-order valence-corrected chi connectivity index (χ0v) is 12.0. The van der Waals surface area contributed by atoms with E-state index < -0.39 is 0 Å². The molecule has 1 aromatic carbocycles. The zero-order valence-electron chi connectivity index (χ0n) is 9.69. The highest BCUT2D eigenvalue weighted by Crippen LogP contribution is 2.23. The van der Waals surface area contributed by atoms with Gasteiger partial charge in [0.15, 0.2) is 0 Å². The fourth-order valence-corrected chi connectivity index (χ4v) is 2.94. The maximum atomic E-state index is 12.2. The summed E-state index contributed by atoms with van der Waals surface area (Å²) in [5.41, 5.74) is 0.518. The van der Waals surface area contributed by atoms with Gasteiger partial charge in [0.25, 0.3) is 5.91 Å². The lowest BCUT2D eigenvalue weighted by molar-refractivity contribution is 0.0786. The first-order chi connectivity index (χ1) is 8.58. The summed E-state index contributed by atoms with van der Waals surface area (Å²) < 4.78 is 0.726. The lowest BCUT2D eigenvalue weighted by Crippen LogP contribution is -2.26. The van der Waals surface area contributed by atoms with Gasteiger partial charge < -0.3 is 4.90 Å². The molecule has 0 unspecified atom stereocenters. The number of hydrogen-bond donors (Lipinski definition) is 0. The van der Waals surface area contributed by atoms with Gasteiger partial charge in [-0.3, -0.25) is 4.79 Å². The largest absolute Gasteiger partial charge is 0.337 e. The Kier molecular flexibility index (Phi) is 4.27. The maximum absolute atomic E-state index is 12.2. The summed E-state index contributed by atoms with van der Waals surface area (Å²) >= 11 is 13.3. The van der Waals surface area contributed by atoms with Gasteiger partial charge in [0.2, 0.25) is 0 Å². The minimum atomic E-state index is -0.0925. The monoisotopic (exact) mass is 299 g/mol. The number of carbonyl (C=O) groups is 1. The van der Waals surface area contributed by atoms with Crippen molar-refractivity contribution in [1.29, 1.82) is 0 Å². The summed E-state index contributed by atoms with van der Waals surface area (Å²) in [5, 5.41) is 0.471. The Bertz CT molecular complexity index is 568. The molecule has 18 heavy (non-hydrogen) atoms. The second-order valence-electron chi connectivity index (χ2n) is 3.85. The third-order valence-electron chi connectivity index (χ3n) is 2.47. The van der Waals surface area contributed by atoms with Crippen LogP contribution in [0.5, 0.6) is 0 Å². The number of benzene rings is 1. The third-order valence-corrected chi connectivity index (χ3v) is 4.02. The van der Waals surface area contributed by atoms with Gasteiger partial charge in [-0.2, -0.15) is 0 Å². The van der Waals surface area contributed by atoms with E-state index in [0.717, 1.165) is 9.21 Å². The smallest absolute Gasteiger partial charge is 0.255 e. The van der Waals surface area contributed by atoms with Crippen LogP contribution in [-0.2, 0) is 6.54 Å². The summed E-state index contributed by atoms with van der Waals surface area (Å²) in [4.78, 5) is 14.9. The van der Waals surface area contributed by atoms with Gasteiger partial charge in [0.05, 0.1) is 21.5 Å². The van der Waals surface area contributed by atoms with Crippen LogP contribution < -0.4 is 0 Å². The van der Waals surface area contributed by atoms with Crippen molar-refractivity contribution in [3.63, 3.8) is 0 Å². The van der Waals surface area contributed by atoms with Crippen LogP contribution >= 0.6 is 34.5 Å². The fraction of sp³-hybridized carbons (Fsp3) is 0.154. The summed E-state index contributed by atoms with van der Waals surface area (Å²) in [6.45, 7) is 0.529. The van der Waals surface area contributed by atoms with Gasteiger partial charge in [-0.15, -0.1) is 11.3 Å². The second kappa shape index (κ2) is 5.74. The van der Waals surface area contributed by atoms with E-state index in [2.05, 4.69) is 0 Å².